The first-order valence-corrected chi connectivity index (χ1v) is 33.5. The number of benzene rings is 4. The number of hydrogen-bond donors (Lipinski definition) is 14. The number of hydrogen-bond acceptors (Lipinski definition) is 18. The summed E-state index contributed by atoms with van der Waals surface area (Å²) in [5, 5.41) is 34.2. The van der Waals surface area contributed by atoms with Gasteiger partial charge in [-0.15, -0.1) is 0 Å². The molecule has 516 valence electrons. The molecule has 10 amide bonds. The third kappa shape index (κ3) is 26.0. The summed E-state index contributed by atoms with van der Waals surface area (Å²) in [6, 6.07) is 17.8. The third-order valence-corrected chi connectivity index (χ3v) is 16.0. The van der Waals surface area contributed by atoms with Crippen molar-refractivity contribution < 1.29 is 72.1 Å². The van der Waals surface area contributed by atoms with Crippen LogP contribution >= 0.6 is 23.5 Å². The topological polar surface area (TPSA) is 458 Å². The Hall–Kier alpha value is -10.2. The number of nitrogens with two attached hydrogens (primary N) is 3. The Morgan fingerprint density at radius 1 is 0.531 bits per heavy atom. The number of nitrogens with one attached hydrogen (secondary N) is 10. The van der Waals surface area contributed by atoms with Gasteiger partial charge >= 0.3 is 11.9 Å². The van der Waals surface area contributed by atoms with Gasteiger partial charge in [0.25, 0.3) is 5.91 Å². The Labute approximate surface area is 563 Å². The van der Waals surface area contributed by atoms with Crippen LogP contribution in [0.5, 0.6) is 5.75 Å². The molecule has 0 aliphatic carbocycles. The van der Waals surface area contributed by atoms with E-state index in [1.807, 2.05) is 0 Å². The molecule has 29 nitrogen and oxygen atoms in total. The molecule has 1 aromatic heterocycles. The van der Waals surface area contributed by atoms with Crippen LogP contribution in [0.25, 0.3) is 10.9 Å². The number of esters is 2. The Morgan fingerprint density at radius 3 is 1.58 bits per heavy atom. The van der Waals surface area contributed by atoms with Crippen LogP contribution in [0.3, 0.4) is 0 Å². The number of phenols is 1. The van der Waals surface area contributed by atoms with E-state index < -0.39 is 139 Å². The van der Waals surface area contributed by atoms with Crippen LogP contribution in [0.1, 0.15) is 72.5 Å². The number of nitrogens with zero attached hydrogens (tertiary/aromatic N) is 1. The lowest BCUT2D eigenvalue weighted by atomic mass is 10.0. The van der Waals surface area contributed by atoms with Gasteiger partial charge in [0.1, 0.15) is 54.1 Å². The number of aromatic nitrogens is 1. The molecule has 5 rings (SSSR count). The average molecular weight is 1370 g/mol. The zero-order chi connectivity index (χ0) is 70.1. The molecule has 0 radical (unpaired) electrons. The van der Waals surface area contributed by atoms with E-state index in [0.29, 0.717) is 33.3 Å². The van der Waals surface area contributed by atoms with Crippen molar-refractivity contribution in [2.75, 3.05) is 50.8 Å². The normalized spacial score (nSPS) is 13.4. The van der Waals surface area contributed by atoms with E-state index in [9.17, 15) is 62.6 Å². The van der Waals surface area contributed by atoms with Crippen LogP contribution in [-0.2, 0) is 81.5 Å². The zero-order valence-corrected chi connectivity index (χ0v) is 55.3. The first kappa shape index (κ1) is 76.5. The summed E-state index contributed by atoms with van der Waals surface area (Å²) >= 11 is 2.66. The molecule has 0 bridgehead atoms. The van der Waals surface area contributed by atoms with E-state index in [-0.39, 0.29) is 81.1 Å². The minimum atomic E-state index is -1.71. The summed E-state index contributed by atoms with van der Waals surface area (Å²) in [6.07, 6.45) is 3.41. The molecular weight excluding hydrogens is 1280 g/mol. The average Bonchev–Trinajstić information content (AvgIpc) is 1.62. The van der Waals surface area contributed by atoms with Crippen molar-refractivity contribution in [3.8, 4) is 5.75 Å². The molecule has 0 aliphatic rings. The second-order valence-corrected chi connectivity index (χ2v) is 23.9. The maximum Gasteiger partial charge on any atom is 0.308 e. The Bertz CT molecular complexity index is 3490. The molecule has 17 N–H and O–H groups in total. The van der Waals surface area contributed by atoms with Gasteiger partial charge in [-0.2, -0.15) is 23.5 Å². The van der Waals surface area contributed by atoms with Gasteiger partial charge in [-0.05, 0) is 104 Å². The highest BCUT2D eigenvalue weighted by Gasteiger charge is 2.36. The van der Waals surface area contributed by atoms with Crippen molar-refractivity contribution in [3.05, 3.63) is 138 Å². The number of rotatable bonds is 40. The number of guanidine groups is 1. The van der Waals surface area contributed by atoms with Crippen LogP contribution < -0.4 is 65.1 Å². The highest BCUT2D eigenvalue weighted by atomic mass is 32.2. The number of phenolic OH excluding ortho intramolecular Hbond substituents is 1. The van der Waals surface area contributed by atoms with E-state index >= 15 is 0 Å². The predicted molar refractivity (Wildman–Crippen MR) is 361 cm³/mol. The highest BCUT2D eigenvalue weighted by Crippen LogP contribution is 2.20. The minimum absolute atomic E-state index is 0.0116. The van der Waals surface area contributed by atoms with Crippen molar-refractivity contribution in [2.45, 2.75) is 113 Å². The fourth-order valence-corrected chi connectivity index (χ4v) is 10.7. The Kier molecular flexibility index (Phi) is 32.0. The molecule has 0 unspecified atom stereocenters. The number of carbonyl (C=O) groups excluding carboxylic acids is 12. The van der Waals surface area contributed by atoms with Gasteiger partial charge in [0.05, 0.1) is 33.1 Å². The number of para-hydroxylation sites is 1. The fraction of sp³-hybridized carbons (Fsp3) is 0.400. The molecule has 0 saturated heterocycles. The lowest BCUT2D eigenvalue weighted by Crippen LogP contribution is -2.60. The van der Waals surface area contributed by atoms with Crippen molar-refractivity contribution in [3.63, 3.8) is 0 Å². The Morgan fingerprint density at radius 2 is 1.01 bits per heavy atom. The first-order chi connectivity index (χ1) is 46.0. The molecule has 0 spiro atoms. The monoisotopic (exact) mass is 1360 g/mol. The van der Waals surface area contributed by atoms with Gasteiger partial charge in [-0.1, -0.05) is 78.9 Å². The van der Waals surface area contributed by atoms with Gasteiger partial charge < -0.3 is 84.6 Å². The van der Waals surface area contributed by atoms with E-state index in [1.54, 1.807) is 91.5 Å². The number of thioether (sulfide) groups is 2. The largest absolute Gasteiger partial charge is 0.508 e. The smallest absolute Gasteiger partial charge is 0.308 e. The van der Waals surface area contributed by atoms with Crippen LogP contribution in [0.2, 0.25) is 0 Å². The van der Waals surface area contributed by atoms with E-state index in [4.69, 9.17) is 26.7 Å². The summed E-state index contributed by atoms with van der Waals surface area (Å²) < 4.78 is 9.96. The lowest BCUT2D eigenvalue weighted by molar-refractivity contribution is -0.146. The van der Waals surface area contributed by atoms with Gasteiger partial charge in [0.15, 0.2) is 5.96 Å². The number of aliphatic imine (C=N–C) groups is 1. The molecular formula is C65H84N14O15S2. The summed E-state index contributed by atoms with van der Waals surface area (Å²) in [7, 11) is 1.08. The number of amides is 10. The van der Waals surface area contributed by atoms with E-state index in [0.717, 1.165) is 7.11 Å². The fourth-order valence-electron chi connectivity index (χ4n) is 9.72. The number of fused-ring (bicyclic) bond motifs is 1. The lowest BCUT2D eigenvalue weighted by Gasteiger charge is -2.27. The summed E-state index contributed by atoms with van der Waals surface area (Å²) in [5.74, 6) is -10.4. The molecule has 1 heterocycles. The van der Waals surface area contributed by atoms with Crippen LogP contribution in [0.4, 0.5) is 0 Å². The number of ether oxygens (including phenoxy) is 2. The van der Waals surface area contributed by atoms with Crippen molar-refractivity contribution >= 4 is 111 Å². The number of aromatic amines is 1. The van der Waals surface area contributed by atoms with Crippen molar-refractivity contribution in [1.82, 2.24) is 52.8 Å². The van der Waals surface area contributed by atoms with Gasteiger partial charge in [0, 0.05) is 48.5 Å². The Balaban J connectivity index is 1.37. The SMILES string of the molecule is CCOC(=O)C[C@H](NC(=O)[C@H](CCCN=C(N)N)NC(=O)c1ccccc1)C(=O)N[C@@H](Cc1ccc(O)cc1)C(=O)N[C@@H](CCSC)C(=O)NCC(=O)N[C@@H](Cc1c[nH]c2ccccc12)C(=O)N[C@@H](CCSC)C(=O)N[C@@H](CC(=O)OC)C(=O)N[C@@H](Cc1ccccc1)C(N)=O. The number of methoxy groups -OCH3 is 1. The standard InChI is InChI=1S/C65H84N14O15S2/c1-5-94-55(83)35-52(79-59(87)45(21-14-28-69-65(67)68)73-57(85)40-17-10-7-11-18-40)64(92)77-49(32-39-22-24-42(80)25-23-39)61(89)74-46(26-29-95-3)58(86)71-37-53(81)72-50(33-41-36-70-44-20-13-12-19-43(41)44)62(90)75-47(27-30-96-4)60(88)78-51(34-54(82)93-2)63(91)76-48(56(66)84)31-38-15-8-6-9-16-38/h6-13,15-20,22-25,36,45-52,70,80H,5,14,21,26-35,37H2,1-4H3,(H2,66,84)(H,71,86)(H,72,81)(H,73,85)(H,74,89)(H,75,90)(H,76,91)(H,77,92)(H,78,88)(H,79,87)(H4,67,68,69)/t45-,46-,47-,48-,49-,50-,51-,52-/m0/s1. The summed E-state index contributed by atoms with van der Waals surface area (Å²) in [4.78, 5) is 173. The van der Waals surface area contributed by atoms with Gasteiger partial charge in [-0.25, -0.2) is 0 Å². The molecule has 31 heteroatoms. The van der Waals surface area contributed by atoms with Crippen LogP contribution in [-0.4, -0.2) is 186 Å². The number of aromatic hydroxyl groups is 1. The van der Waals surface area contributed by atoms with Crippen molar-refractivity contribution in [2.24, 2.45) is 22.2 Å². The molecule has 8 atom stereocenters. The molecule has 0 fully saturated rings. The van der Waals surface area contributed by atoms with E-state index in [2.05, 4.69) is 57.8 Å². The molecule has 0 saturated carbocycles. The quantitative estimate of drug-likeness (QED) is 0.0104. The maximum atomic E-state index is 14.6. The van der Waals surface area contributed by atoms with Crippen LogP contribution in [0, 0.1) is 0 Å². The zero-order valence-electron chi connectivity index (χ0n) is 53.6. The van der Waals surface area contributed by atoms with Crippen LogP contribution in [0.15, 0.2) is 120 Å². The van der Waals surface area contributed by atoms with Crippen molar-refractivity contribution in [1.29, 1.82) is 0 Å². The molecule has 96 heavy (non-hydrogen) atoms. The molecule has 4 aromatic carbocycles. The van der Waals surface area contributed by atoms with Gasteiger partial charge in [-0.3, -0.25) is 62.5 Å². The van der Waals surface area contributed by atoms with Gasteiger partial charge in [0.2, 0.25) is 53.2 Å². The highest BCUT2D eigenvalue weighted by molar-refractivity contribution is 7.98. The molecule has 5 aromatic rings. The summed E-state index contributed by atoms with van der Waals surface area (Å²) in [5.41, 5.74) is 19.2. The second-order valence-electron chi connectivity index (χ2n) is 21.9. The number of H-pyrrole nitrogens is 1. The first-order valence-electron chi connectivity index (χ1n) is 30.7. The number of carbonyl (C=O) groups is 12. The number of primary amides is 1. The predicted octanol–water partition coefficient (Wildman–Crippen LogP) is -0.229. The maximum absolute atomic E-state index is 14.6. The minimum Gasteiger partial charge on any atom is -0.508 e. The molecule has 0 aliphatic heterocycles. The van der Waals surface area contributed by atoms with E-state index in [1.165, 1.54) is 66.8 Å². The summed E-state index contributed by atoms with van der Waals surface area (Å²) in [6.45, 7) is 0.743. The third-order valence-electron chi connectivity index (χ3n) is 14.8. The second kappa shape index (κ2) is 40.2.